The second-order valence-corrected chi connectivity index (χ2v) is 18.7. The highest BCUT2D eigenvalue weighted by Crippen LogP contribution is 2.64. The predicted molar refractivity (Wildman–Crippen MR) is 272 cm³/mol. The lowest BCUT2D eigenvalue weighted by molar-refractivity contribution is 0.670. The highest BCUT2D eigenvalue weighted by atomic mass is 32.1. The molecule has 0 bridgehead atoms. The van der Waals surface area contributed by atoms with Crippen LogP contribution in [0.3, 0.4) is 0 Å². The summed E-state index contributed by atoms with van der Waals surface area (Å²) in [5.41, 5.74) is 19.4. The van der Waals surface area contributed by atoms with Crippen LogP contribution in [0.15, 0.2) is 217 Å². The monoisotopic (exact) mass is 841 g/mol. The third kappa shape index (κ3) is 4.65. The van der Waals surface area contributed by atoms with Gasteiger partial charge in [0.15, 0.2) is 0 Å². The summed E-state index contributed by atoms with van der Waals surface area (Å²) in [6, 6.07) is 78.3. The number of para-hydroxylation sites is 3. The van der Waals surface area contributed by atoms with Crippen molar-refractivity contribution in [3.8, 4) is 55.8 Å². The smallest absolute Gasteiger partial charge is 0.143 e. The van der Waals surface area contributed by atoms with Crippen molar-refractivity contribution in [1.29, 1.82) is 0 Å². The Hall–Kier alpha value is -8.11. The van der Waals surface area contributed by atoms with E-state index in [0.717, 1.165) is 66.2 Å². The van der Waals surface area contributed by atoms with Crippen LogP contribution in [-0.2, 0) is 5.41 Å². The normalized spacial score (nSPS) is 13.4. The zero-order valence-corrected chi connectivity index (χ0v) is 35.8. The first-order chi connectivity index (χ1) is 32.2. The molecule has 3 heterocycles. The molecule has 0 amide bonds. The summed E-state index contributed by atoms with van der Waals surface area (Å²) in [7, 11) is 0. The summed E-state index contributed by atoms with van der Waals surface area (Å²) in [6.45, 7) is 0. The average molecular weight is 842 g/mol. The molecule has 3 heteroatoms. The van der Waals surface area contributed by atoms with E-state index in [1.54, 1.807) is 0 Å². The molecule has 3 aromatic heterocycles. The fraction of sp³-hybridized carbons (Fsp3) is 0.0161. The van der Waals surface area contributed by atoms with E-state index in [1.807, 2.05) is 17.4 Å². The van der Waals surface area contributed by atoms with E-state index < -0.39 is 5.41 Å². The number of thiophene rings is 1. The van der Waals surface area contributed by atoms with Crippen LogP contribution >= 0.6 is 11.3 Å². The van der Waals surface area contributed by atoms with Gasteiger partial charge in [0, 0.05) is 58.2 Å². The van der Waals surface area contributed by atoms with Crippen molar-refractivity contribution in [1.82, 2.24) is 4.98 Å². The fourth-order valence-electron chi connectivity index (χ4n) is 11.9. The molecule has 2 nitrogen and oxygen atoms in total. The van der Waals surface area contributed by atoms with Crippen LogP contribution in [0.4, 0.5) is 0 Å². The number of furan rings is 1. The van der Waals surface area contributed by atoms with Gasteiger partial charge in [-0.3, -0.25) is 0 Å². The summed E-state index contributed by atoms with van der Waals surface area (Å²) in [5, 5.41) is 8.35. The molecule has 2 aliphatic rings. The lowest BCUT2D eigenvalue weighted by Crippen LogP contribution is -2.25. The van der Waals surface area contributed by atoms with E-state index >= 15 is 0 Å². The fourth-order valence-corrected chi connectivity index (χ4v) is 13.1. The highest BCUT2D eigenvalue weighted by Gasteiger charge is 2.52. The number of pyridine rings is 1. The molecule has 0 atom stereocenters. The van der Waals surface area contributed by atoms with E-state index in [-0.39, 0.29) is 0 Å². The first-order valence-electron chi connectivity index (χ1n) is 22.4. The Bertz CT molecular complexity index is 4030. The summed E-state index contributed by atoms with van der Waals surface area (Å²) in [5.74, 6) is 0. The third-order valence-electron chi connectivity index (χ3n) is 14.5. The van der Waals surface area contributed by atoms with Gasteiger partial charge >= 0.3 is 0 Å². The average Bonchev–Trinajstić information content (AvgIpc) is 4.11. The largest absolute Gasteiger partial charge is 0.455 e. The molecule has 10 aromatic carbocycles. The number of fused-ring (bicyclic) bond motifs is 20. The van der Waals surface area contributed by atoms with E-state index in [1.165, 1.54) is 75.6 Å². The van der Waals surface area contributed by atoms with Gasteiger partial charge in [0.2, 0.25) is 0 Å². The maximum absolute atomic E-state index is 6.73. The standard InChI is InChI=1S/C62H35NOS/c1-7-25-50-41(15-1)42-16-2-8-26-51(42)62(50)52-27-9-3-19-47(52)58-53(62)32-31-49-57(58)48-20-4-10-28-54(48)63-59(49)38-34-36(39-21-13-23-45-43-17-5-11-29-55(43)64-60(39)45)33-37(35-38)40-22-14-24-46-44-18-6-12-30-56(44)65-61(40)46/h1-35H. The Morgan fingerprint density at radius 1 is 0.385 bits per heavy atom. The van der Waals surface area contributed by atoms with Crippen molar-refractivity contribution in [3.63, 3.8) is 0 Å². The molecule has 300 valence electrons. The maximum atomic E-state index is 6.73. The summed E-state index contributed by atoms with van der Waals surface area (Å²) >= 11 is 1.87. The van der Waals surface area contributed by atoms with Gasteiger partial charge in [-0.25, -0.2) is 4.98 Å². The van der Waals surface area contributed by atoms with Gasteiger partial charge in [0.05, 0.1) is 16.6 Å². The van der Waals surface area contributed by atoms with Crippen molar-refractivity contribution in [2.45, 2.75) is 5.41 Å². The van der Waals surface area contributed by atoms with E-state index in [4.69, 9.17) is 9.40 Å². The van der Waals surface area contributed by atoms with Gasteiger partial charge in [0.25, 0.3) is 0 Å². The molecule has 0 saturated carbocycles. The number of nitrogens with zero attached hydrogens (tertiary/aromatic N) is 1. The van der Waals surface area contributed by atoms with E-state index in [9.17, 15) is 0 Å². The highest BCUT2D eigenvalue weighted by molar-refractivity contribution is 7.26. The summed E-state index contributed by atoms with van der Waals surface area (Å²) in [6.07, 6.45) is 0. The third-order valence-corrected chi connectivity index (χ3v) is 15.7. The minimum Gasteiger partial charge on any atom is -0.455 e. The van der Waals surface area contributed by atoms with Crippen LogP contribution in [0, 0.1) is 0 Å². The van der Waals surface area contributed by atoms with Gasteiger partial charge in [-0.1, -0.05) is 176 Å². The minimum absolute atomic E-state index is 0.445. The topological polar surface area (TPSA) is 26.0 Å². The van der Waals surface area contributed by atoms with Crippen molar-refractivity contribution < 1.29 is 4.42 Å². The Morgan fingerprint density at radius 3 is 1.75 bits per heavy atom. The molecular formula is C62H35NOS. The molecule has 2 aliphatic carbocycles. The number of benzene rings is 10. The molecule has 0 saturated heterocycles. The summed E-state index contributed by atoms with van der Waals surface area (Å²) < 4.78 is 9.31. The number of rotatable bonds is 3. The van der Waals surface area contributed by atoms with Crippen molar-refractivity contribution in [3.05, 3.63) is 235 Å². The second kappa shape index (κ2) is 13.0. The van der Waals surface area contributed by atoms with Gasteiger partial charge in [-0.2, -0.15) is 0 Å². The molecule has 0 unspecified atom stereocenters. The lowest BCUT2D eigenvalue weighted by atomic mass is 9.70. The van der Waals surface area contributed by atoms with Crippen LogP contribution in [-0.4, -0.2) is 4.98 Å². The SMILES string of the molecule is c1ccc2c(c1)-c1ccccc1C21c2ccccc2-c2c1ccc1c(-c3cc(-c4cccc5c4oc4ccccc45)cc(-c4cccc5c4sc4ccccc45)c3)nc3ccccc3c21. The predicted octanol–water partition coefficient (Wildman–Crippen LogP) is 17.0. The van der Waals surface area contributed by atoms with Gasteiger partial charge in [0.1, 0.15) is 11.2 Å². The molecule has 0 radical (unpaired) electrons. The van der Waals surface area contributed by atoms with Crippen LogP contribution in [0.1, 0.15) is 22.3 Å². The quantitative estimate of drug-likeness (QED) is 0.166. The first kappa shape index (κ1) is 35.4. The number of hydrogen-bond acceptors (Lipinski definition) is 3. The maximum Gasteiger partial charge on any atom is 0.143 e. The lowest BCUT2D eigenvalue weighted by Gasteiger charge is -2.30. The minimum atomic E-state index is -0.445. The molecular weight excluding hydrogens is 807 g/mol. The Balaban J connectivity index is 1.06. The zero-order chi connectivity index (χ0) is 42.4. The van der Waals surface area contributed by atoms with Crippen LogP contribution < -0.4 is 0 Å². The molecule has 0 fully saturated rings. The van der Waals surface area contributed by atoms with Gasteiger partial charge < -0.3 is 4.42 Å². The van der Waals surface area contributed by atoms with Crippen LogP contribution in [0.25, 0.3) is 120 Å². The molecule has 1 spiro atoms. The molecule has 0 aliphatic heterocycles. The van der Waals surface area contributed by atoms with Crippen LogP contribution in [0.2, 0.25) is 0 Å². The van der Waals surface area contributed by atoms with Gasteiger partial charge in [-0.05, 0) is 97.6 Å². The Labute approximate surface area is 378 Å². The molecule has 65 heavy (non-hydrogen) atoms. The first-order valence-corrected chi connectivity index (χ1v) is 23.2. The van der Waals surface area contributed by atoms with Gasteiger partial charge in [-0.15, -0.1) is 11.3 Å². The second-order valence-electron chi connectivity index (χ2n) is 17.6. The molecule has 0 N–H and O–H groups in total. The van der Waals surface area contributed by atoms with Crippen molar-refractivity contribution >= 4 is 75.1 Å². The Morgan fingerprint density at radius 2 is 0.954 bits per heavy atom. The van der Waals surface area contributed by atoms with Crippen LogP contribution in [0.5, 0.6) is 0 Å². The van der Waals surface area contributed by atoms with Crippen molar-refractivity contribution in [2.24, 2.45) is 0 Å². The number of aromatic nitrogens is 1. The Kier molecular flexibility index (Phi) is 7.06. The summed E-state index contributed by atoms with van der Waals surface area (Å²) in [4.78, 5) is 5.66. The van der Waals surface area contributed by atoms with E-state index in [2.05, 4.69) is 206 Å². The zero-order valence-electron chi connectivity index (χ0n) is 35.0. The van der Waals surface area contributed by atoms with Crippen molar-refractivity contribution in [2.75, 3.05) is 0 Å². The molecule has 13 aromatic rings. The number of hydrogen-bond donors (Lipinski definition) is 0. The van der Waals surface area contributed by atoms with E-state index in [0.29, 0.717) is 0 Å². The molecule has 15 rings (SSSR count).